The summed E-state index contributed by atoms with van der Waals surface area (Å²) in [6.07, 6.45) is 4.20. The van der Waals surface area contributed by atoms with Gasteiger partial charge in [0.05, 0.1) is 30.5 Å². The molecule has 0 radical (unpaired) electrons. The molecule has 1 fully saturated rings. The highest BCUT2D eigenvalue weighted by Crippen LogP contribution is 2.26. The number of aliphatic hydroxyl groups excluding tert-OH is 1. The van der Waals surface area contributed by atoms with E-state index >= 15 is 0 Å². The number of aliphatic hydroxyl groups is 1. The molecule has 2 atom stereocenters. The molecule has 0 saturated heterocycles. The minimum Gasteiger partial charge on any atom is -0.494 e. The number of hydrogen-bond acceptors (Lipinski definition) is 4. The van der Waals surface area contributed by atoms with Crippen LogP contribution < -0.4 is 15.8 Å². The van der Waals surface area contributed by atoms with Crippen molar-refractivity contribution >= 4 is 11.6 Å². The first-order chi connectivity index (χ1) is 9.63. The lowest BCUT2D eigenvalue weighted by atomic mass is 10.0. The molecule has 20 heavy (non-hydrogen) atoms. The molecular formula is C15H22N2O3. The number of nitrogen functional groups attached to an aromatic ring is 1. The summed E-state index contributed by atoms with van der Waals surface area (Å²) in [5.41, 5.74) is 6.64. The number of ether oxygens (including phenoxy) is 1. The van der Waals surface area contributed by atoms with Crippen LogP contribution in [-0.4, -0.2) is 30.3 Å². The molecule has 1 amide bonds. The van der Waals surface area contributed by atoms with E-state index < -0.39 is 6.10 Å². The third-order valence-electron chi connectivity index (χ3n) is 3.79. The Morgan fingerprint density at radius 3 is 2.85 bits per heavy atom. The number of para-hydroxylation sites is 1. The number of anilines is 1. The standard InChI is InChI=1S/C15H22N2O3/c1-20-14-10(6-5-7-11(14)16)15(19)17-12-8-3-2-4-9-13(12)18/h5-7,12-13,18H,2-4,8-9,16H2,1H3,(H,17,19). The van der Waals surface area contributed by atoms with Crippen molar-refractivity contribution in [1.82, 2.24) is 5.32 Å². The highest BCUT2D eigenvalue weighted by molar-refractivity contribution is 5.98. The fourth-order valence-corrected chi connectivity index (χ4v) is 2.66. The molecule has 5 nitrogen and oxygen atoms in total. The van der Waals surface area contributed by atoms with Crippen molar-refractivity contribution in [3.8, 4) is 5.75 Å². The molecule has 4 N–H and O–H groups in total. The van der Waals surface area contributed by atoms with Crippen LogP contribution in [0.15, 0.2) is 18.2 Å². The molecule has 2 rings (SSSR count). The van der Waals surface area contributed by atoms with Crippen LogP contribution in [0.1, 0.15) is 42.5 Å². The van der Waals surface area contributed by atoms with Crippen molar-refractivity contribution in [2.75, 3.05) is 12.8 Å². The Hall–Kier alpha value is -1.75. The maximum absolute atomic E-state index is 12.3. The smallest absolute Gasteiger partial charge is 0.255 e. The lowest BCUT2D eigenvalue weighted by Crippen LogP contribution is -2.42. The Bertz CT molecular complexity index is 476. The third kappa shape index (κ3) is 3.22. The quantitative estimate of drug-likeness (QED) is 0.580. The number of amides is 1. The van der Waals surface area contributed by atoms with E-state index in [1.165, 1.54) is 7.11 Å². The van der Waals surface area contributed by atoms with Crippen molar-refractivity contribution in [1.29, 1.82) is 0 Å². The van der Waals surface area contributed by atoms with Crippen molar-refractivity contribution in [3.63, 3.8) is 0 Å². The number of carbonyl (C=O) groups excluding carboxylic acids is 1. The highest BCUT2D eigenvalue weighted by Gasteiger charge is 2.25. The summed E-state index contributed by atoms with van der Waals surface area (Å²) >= 11 is 0. The van der Waals surface area contributed by atoms with Crippen molar-refractivity contribution in [3.05, 3.63) is 23.8 Å². The summed E-state index contributed by atoms with van der Waals surface area (Å²) < 4.78 is 5.19. The van der Waals surface area contributed by atoms with Crippen molar-refractivity contribution in [2.45, 2.75) is 44.2 Å². The van der Waals surface area contributed by atoms with E-state index in [1.54, 1.807) is 18.2 Å². The van der Waals surface area contributed by atoms with E-state index in [0.717, 1.165) is 32.1 Å². The number of nitrogens with two attached hydrogens (primary N) is 1. The van der Waals surface area contributed by atoms with Crippen LogP contribution in [0.4, 0.5) is 5.69 Å². The molecule has 0 bridgehead atoms. The summed E-state index contributed by atoms with van der Waals surface area (Å²) in [5, 5.41) is 13.0. The summed E-state index contributed by atoms with van der Waals surface area (Å²) in [7, 11) is 1.49. The van der Waals surface area contributed by atoms with E-state index in [0.29, 0.717) is 17.0 Å². The SMILES string of the molecule is COc1c(N)cccc1C(=O)NC1CCCCCC1O. The van der Waals surface area contributed by atoms with Gasteiger partial charge in [-0.1, -0.05) is 25.3 Å². The highest BCUT2D eigenvalue weighted by atomic mass is 16.5. The van der Waals surface area contributed by atoms with Crippen LogP contribution in [0.3, 0.4) is 0 Å². The Labute approximate surface area is 119 Å². The third-order valence-corrected chi connectivity index (χ3v) is 3.79. The molecule has 1 aliphatic carbocycles. The molecule has 0 spiro atoms. The van der Waals surface area contributed by atoms with Crippen LogP contribution in [0.2, 0.25) is 0 Å². The van der Waals surface area contributed by atoms with Gasteiger partial charge in [0.1, 0.15) is 0 Å². The molecule has 1 aromatic carbocycles. The molecular weight excluding hydrogens is 256 g/mol. The average Bonchev–Trinajstić information content (AvgIpc) is 2.64. The monoisotopic (exact) mass is 278 g/mol. The average molecular weight is 278 g/mol. The van der Waals surface area contributed by atoms with E-state index in [1.807, 2.05) is 0 Å². The van der Waals surface area contributed by atoms with Gasteiger partial charge in [-0.25, -0.2) is 0 Å². The van der Waals surface area contributed by atoms with Gasteiger partial charge in [0.25, 0.3) is 5.91 Å². The first kappa shape index (κ1) is 14.7. The number of rotatable bonds is 3. The van der Waals surface area contributed by atoms with Gasteiger partial charge in [-0.3, -0.25) is 4.79 Å². The van der Waals surface area contributed by atoms with Crippen molar-refractivity contribution < 1.29 is 14.6 Å². The first-order valence-corrected chi connectivity index (χ1v) is 7.05. The number of benzene rings is 1. The predicted molar refractivity (Wildman–Crippen MR) is 77.8 cm³/mol. The predicted octanol–water partition coefficient (Wildman–Crippen LogP) is 1.70. The number of hydrogen-bond donors (Lipinski definition) is 3. The van der Waals surface area contributed by atoms with E-state index in [2.05, 4.69) is 5.32 Å². The fourth-order valence-electron chi connectivity index (χ4n) is 2.66. The summed E-state index contributed by atoms with van der Waals surface area (Å²) in [6, 6.07) is 4.89. The van der Waals surface area contributed by atoms with Gasteiger partial charge in [-0.2, -0.15) is 0 Å². The molecule has 110 valence electrons. The number of nitrogens with one attached hydrogen (secondary N) is 1. The fraction of sp³-hybridized carbons (Fsp3) is 0.533. The van der Waals surface area contributed by atoms with Gasteiger partial charge in [-0.05, 0) is 25.0 Å². The van der Waals surface area contributed by atoms with E-state index in [4.69, 9.17) is 10.5 Å². The zero-order valence-electron chi connectivity index (χ0n) is 11.8. The zero-order valence-corrected chi connectivity index (χ0v) is 11.8. The molecule has 0 aromatic heterocycles. The summed E-state index contributed by atoms with van der Waals surface area (Å²) in [4.78, 5) is 12.3. The molecule has 0 heterocycles. The van der Waals surface area contributed by atoms with Gasteiger partial charge in [0, 0.05) is 0 Å². The largest absolute Gasteiger partial charge is 0.494 e. The second-order valence-corrected chi connectivity index (χ2v) is 5.21. The topological polar surface area (TPSA) is 84.6 Å². The van der Waals surface area contributed by atoms with Crippen LogP contribution >= 0.6 is 0 Å². The Morgan fingerprint density at radius 2 is 2.10 bits per heavy atom. The van der Waals surface area contributed by atoms with Crippen LogP contribution in [-0.2, 0) is 0 Å². The Kier molecular flexibility index (Phi) is 4.84. The molecule has 0 aliphatic heterocycles. The lowest BCUT2D eigenvalue weighted by Gasteiger charge is -2.22. The summed E-state index contributed by atoms with van der Waals surface area (Å²) in [6.45, 7) is 0. The van der Waals surface area contributed by atoms with Crippen LogP contribution in [0.5, 0.6) is 5.75 Å². The Balaban J connectivity index is 2.13. The second kappa shape index (κ2) is 6.61. The van der Waals surface area contributed by atoms with Gasteiger partial charge in [-0.15, -0.1) is 0 Å². The molecule has 5 heteroatoms. The molecule has 1 aliphatic rings. The zero-order chi connectivity index (χ0) is 14.5. The molecule has 1 aromatic rings. The number of methoxy groups -OCH3 is 1. The summed E-state index contributed by atoms with van der Waals surface area (Å²) in [5.74, 6) is 0.133. The van der Waals surface area contributed by atoms with Gasteiger partial charge in [0.2, 0.25) is 0 Å². The normalized spacial score (nSPS) is 22.9. The van der Waals surface area contributed by atoms with E-state index in [-0.39, 0.29) is 11.9 Å². The van der Waals surface area contributed by atoms with Crippen LogP contribution in [0.25, 0.3) is 0 Å². The number of carbonyl (C=O) groups is 1. The maximum Gasteiger partial charge on any atom is 0.255 e. The lowest BCUT2D eigenvalue weighted by molar-refractivity contribution is 0.0816. The maximum atomic E-state index is 12.3. The van der Waals surface area contributed by atoms with Gasteiger partial charge >= 0.3 is 0 Å². The van der Waals surface area contributed by atoms with Crippen LogP contribution in [0, 0.1) is 0 Å². The van der Waals surface area contributed by atoms with Gasteiger partial charge in [0.15, 0.2) is 5.75 Å². The van der Waals surface area contributed by atoms with Crippen molar-refractivity contribution in [2.24, 2.45) is 0 Å². The Morgan fingerprint density at radius 1 is 1.35 bits per heavy atom. The first-order valence-electron chi connectivity index (χ1n) is 7.05. The van der Waals surface area contributed by atoms with Gasteiger partial charge < -0.3 is 20.9 Å². The minimum absolute atomic E-state index is 0.198. The molecule has 2 unspecified atom stereocenters. The van der Waals surface area contributed by atoms with E-state index in [9.17, 15) is 9.90 Å². The molecule has 1 saturated carbocycles. The minimum atomic E-state index is -0.478. The second-order valence-electron chi connectivity index (χ2n) is 5.21.